The van der Waals surface area contributed by atoms with Gasteiger partial charge in [0, 0.05) is 6.54 Å². The molecule has 0 unspecified atom stereocenters. The number of fused-ring (bicyclic) bond motifs is 1. The molecule has 0 saturated carbocycles. The molecule has 0 radical (unpaired) electrons. The van der Waals surface area contributed by atoms with E-state index in [2.05, 4.69) is 6.58 Å². The lowest BCUT2D eigenvalue weighted by molar-refractivity contribution is 0.0694. The summed E-state index contributed by atoms with van der Waals surface area (Å²) >= 11 is 0. The Kier molecular flexibility index (Phi) is 4.08. The molecule has 1 heterocycles. The standard InChI is InChI=1S/C15H17NO4/c1-3-9-20-15(19)16-8-4-5-11-12(16)7-6-10(2)13(11)14(17)18/h3,6-7H,1,4-5,8-9H2,2H3,(H,17,18). The van der Waals surface area contributed by atoms with Gasteiger partial charge in [-0.2, -0.15) is 0 Å². The maximum atomic E-state index is 12.0. The Morgan fingerprint density at radius 3 is 2.90 bits per heavy atom. The molecule has 0 spiro atoms. The molecule has 20 heavy (non-hydrogen) atoms. The zero-order chi connectivity index (χ0) is 14.7. The van der Waals surface area contributed by atoms with Crippen LogP contribution in [0.15, 0.2) is 24.8 Å². The minimum atomic E-state index is -0.958. The summed E-state index contributed by atoms with van der Waals surface area (Å²) in [5.41, 5.74) is 2.34. The molecule has 1 aliphatic heterocycles. The number of carbonyl (C=O) groups excluding carboxylic acids is 1. The van der Waals surface area contributed by atoms with Crippen LogP contribution in [0.1, 0.15) is 27.9 Å². The molecule has 106 valence electrons. The Morgan fingerprint density at radius 1 is 1.50 bits per heavy atom. The number of nitrogens with zero attached hydrogens (tertiary/aromatic N) is 1. The number of carbonyl (C=O) groups is 2. The van der Waals surface area contributed by atoms with Crippen molar-refractivity contribution in [3.8, 4) is 0 Å². The Bertz CT molecular complexity index is 565. The maximum absolute atomic E-state index is 12.0. The van der Waals surface area contributed by atoms with Gasteiger partial charge in [0.05, 0.1) is 11.3 Å². The summed E-state index contributed by atoms with van der Waals surface area (Å²) in [5.74, 6) is -0.958. The predicted molar refractivity (Wildman–Crippen MR) is 75.4 cm³/mol. The quantitative estimate of drug-likeness (QED) is 0.861. The molecule has 1 aromatic rings. The third-order valence-electron chi connectivity index (χ3n) is 3.35. The molecule has 1 amide bonds. The van der Waals surface area contributed by atoms with Crippen LogP contribution in [0.25, 0.3) is 0 Å². The van der Waals surface area contributed by atoms with Gasteiger partial charge in [0.2, 0.25) is 0 Å². The van der Waals surface area contributed by atoms with Gasteiger partial charge >= 0.3 is 12.1 Å². The van der Waals surface area contributed by atoms with E-state index in [0.29, 0.717) is 35.3 Å². The first-order chi connectivity index (χ1) is 9.56. The fourth-order valence-electron chi connectivity index (χ4n) is 2.49. The van der Waals surface area contributed by atoms with Gasteiger partial charge in [0.15, 0.2) is 0 Å². The number of rotatable bonds is 3. The highest BCUT2D eigenvalue weighted by atomic mass is 16.6. The number of carboxylic acids is 1. The van der Waals surface area contributed by atoms with E-state index in [4.69, 9.17) is 4.74 Å². The highest BCUT2D eigenvalue weighted by molar-refractivity contribution is 5.97. The zero-order valence-corrected chi connectivity index (χ0v) is 11.4. The molecule has 1 N–H and O–H groups in total. The number of amides is 1. The van der Waals surface area contributed by atoms with Crippen molar-refractivity contribution >= 4 is 17.7 Å². The van der Waals surface area contributed by atoms with Gasteiger partial charge in [-0.3, -0.25) is 4.90 Å². The van der Waals surface area contributed by atoms with E-state index in [-0.39, 0.29) is 6.61 Å². The Morgan fingerprint density at radius 2 is 2.25 bits per heavy atom. The van der Waals surface area contributed by atoms with Gasteiger partial charge in [0.1, 0.15) is 6.61 Å². The van der Waals surface area contributed by atoms with Gasteiger partial charge < -0.3 is 9.84 Å². The second-order valence-electron chi connectivity index (χ2n) is 4.68. The van der Waals surface area contributed by atoms with Gasteiger partial charge in [0.25, 0.3) is 0 Å². The third-order valence-corrected chi connectivity index (χ3v) is 3.35. The molecule has 0 saturated heterocycles. The second-order valence-corrected chi connectivity index (χ2v) is 4.68. The van der Waals surface area contributed by atoms with Gasteiger partial charge in [-0.15, -0.1) is 0 Å². The lowest BCUT2D eigenvalue weighted by Gasteiger charge is -2.30. The predicted octanol–water partition coefficient (Wildman–Crippen LogP) is 2.77. The van der Waals surface area contributed by atoms with Crippen LogP contribution in [0.3, 0.4) is 0 Å². The van der Waals surface area contributed by atoms with Crippen LogP contribution in [-0.2, 0) is 11.2 Å². The van der Waals surface area contributed by atoms with Crippen molar-refractivity contribution in [2.45, 2.75) is 19.8 Å². The molecule has 2 rings (SSSR count). The van der Waals surface area contributed by atoms with Crippen molar-refractivity contribution < 1.29 is 19.4 Å². The molecule has 1 aromatic carbocycles. The van der Waals surface area contributed by atoms with Crippen LogP contribution in [-0.4, -0.2) is 30.3 Å². The van der Waals surface area contributed by atoms with Gasteiger partial charge in [-0.25, -0.2) is 9.59 Å². The van der Waals surface area contributed by atoms with E-state index < -0.39 is 12.1 Å². The fourth-order valence-corrected chi connectivity index (χ4v) is 2.49. The van der Waals surface area contributed by atoms with Crippen LogP contribution in [0.5, 0.6) is 0 Å². The topological polar surface area (TPSA) is 66.8 Å². The van der Waals surface area contributed by atoms with E-state index >= 15 is 0 Å². The minimum Gasteiger partial charge on any atom is -0.478 e. The summed E-state index contributed by atoms with van der Waals surface area (Å²) in [6.07, 6.45) is 2.41. The van der Waals surface area contributed by atoms with Crippen molar-refractivity contribution in [1.29, 1.82) is 0 Å². The van der Waals surface area contributed by atoms with Crippen LogP contribution in [0.4, 0.5) is 10.5 Å². The summed E-state index contributed by atoms with van der Waals surface area (Å²) < 4.78 is 5.04. The lowest BCUT2D eigenvalue weighted by Crippen LogP contribution is -2.36. The second kappa shape index (κ2) is 5.77. The van der Waals surface area contributed by atoms with Gasteiger partial charge in [-0.05, 0) is 37.0 Å². The zero-order valence-electron chi connectivity index (χ0n) is 11.4. The van der Waals surface area contributed by atoms with Crippen molar-refractivity contribution in [1.82, 2.24) is 0 Å². The fraction of sp³-hybridized carbons (Fsp3) is 0.333. The molecular formula is C15H17NO4. The number of hydrogen-bond acceptors (Lipinski definition) is 3. The van der Waals surface area contributed by atoms with Gasteiger partial charge in [-0.1, -0.05) is 18.7 Å². The third kappa shape index (κ3) is 2.52. The monoisotopic (exact) mass is 275 g/mol. The van der Waals surface area contributed by atoms with Crippen LogP contribution >= 0.6 is 0 Å². The molecule has 1 aliphatic rings. The largest absolute Gasteiger partial charge is 0.478 e. The number of carboxylic acid groups (broad SMARTS) is 1. The van der Waals surface area contributed by atoms with Crippen LogP contribution in [0.2, 0.25) is 0 Å². The average Bonchev–Trinajstić information content (AvgIpc) is 2.43. The Balaban J connectivity index is 2.41. The first-order valence-electron chi connectivity index (χ1n) is 6.47. The highest BCUT2D eigenvalue weighted by Crippen LogP contribution is 2.32. The summed E-state index contributed by atoms with van der Waals surface area (Å²) in [7, 11) is 0. The van der Waals surface area contributed by atoms with E-state index in [1.165, 1.54) is 11.0 Å². The van der Waals surface area contributed by atoms with Crippen molar-refractivity contribution in [2.75, 3.05) is 18.1 Å². The highest BCUT2D eigenvalue weighted by Gasteiger charge is 2.27. The molecule has 5 nitrogen and oxygen atoms in total. The number of aromatic carboxylic acids is 1. The average molecular weight is 275 g/mol. The minimum absolute atomic E-state index is 0.141. The normalized spacial score (nSPS) is 13.6. The van der Waals surface area contributed by atoms with E-state index in [9.17, 15) is 14.7 Å². The Hall–Kier alpha value is -2.30. The SMILES string of the molecule is C=CCOC(=O)N1CCCc2c1ccc(C)c2C(=O)O. The summed E-state index contributed by atoms with van der Waals surface area (Å²) in [6.45, 7) is 5.93. The van der Waals surface area contributed by atoms with Crippen molar-refractivity contribution in [2.24, 2.45) is 0 Å². The Labute approximate surface area is 117 Å². The van der Waals surface area contributed by atoms with E-state index in [1.807, 2.05) is 0 Å². The molecule has 0 aromatic heterocycles. The van der Waals surface area contributed by atoms with E-state index in [1.54, 1.807) is 19.1 Å². The van der Waals surface area contributed by atoms with Crippen LogP contribution in [0, 0.1) is 6.92 Å². The number of anilines is 1. The number of hydrogen-bond donors (Lipinski definition) is 1. The molecular weight excluding hydrogens is 258 g/mol. The van der Waals surface area contributed by atoms with E-state index in [0.717, 1.165) is 6.42 Å². The number of ether oxygens (including phenoxy) is 1. The molecule has 0 bridgehead atoms. The smallest absolute Gasteiger partial charge is 0.414 e. The van der Waals surface area contributed by atoms with Crippen LogP contribution < -0.4 is 4.90 Å². The maximum Gasteiger partial charge on any atom is 0.414 e. The number of benzene rings is 1. The van der Waals surface area contributed by atoms with Crippen molar-refractivity contribution in [3.63, 3.8) is 0 Å². The number of aryl methyl sites for hydroxylation is 1. The molecule has 0 atom stereocenters. The summed E-state index contributed by atoms with van der Waals surface area (Å²) in [5, 5.41) is 9.34. The molecule has 0 fully saturated rings. The molecule has 0 aliphatic carbocycles. The van der Waals surface area contributed by atoms with Crippen molar-refractivity contribution in [3.05, 3.63) is 41.5 Å². The molecule has 5 heteroatoms. The summed E-state index contributed by atoms with van der Waals surface area (Å²) in [6, 6.07) is 3.51. The first-order valence-corrected chi connectivity index (χ1v) is 6.47. The lowest BCUT2D eigenvalue weighted by atomic mass is 9.93. The summed E-state index contributed by atoms with van der Waals surface area (Å²) in [4.78, 5) is 24.9. The first kappa shape index (κ1) is 14.1.